The van der Waals surface area contributed by atoms with Crippen LogP contribution in [0.1, 0.15) is 19.4 Å². The summed E-state index contributed by atoms with van der Waals surface area (Å²) >= 11 is 0. The van der Waals surface area contributed by atoms with Gasteiger partial charge in [0.1, 0.15) is 5.75 Å². The van der Waals surface area contributed by atoms with Crippen LogP contribution in [0.25, 0.3) is 0 Å². The van der Waals surface area contributed by atoms with Gasteiger partial charge in [0.05, 0.1) is 26.2 Å². The lowest BCUT2D eigenvalue weighted by atomic mass is 10.1. The van der Waals surface area contributed by atoms with Gasteiger partial charge < -0.3 is 14.8 Å². The van der Waals surface area contributed by atoms with Crippen molar-refractivity contribution in [1.82, 2.24) is 10.2 Å². The van der Waals surface area contributed by atoms with Crippen molar-refractivity contribution >= 4 is 5.91 Å². The standard InChI is InChI=1S/C17H26N2O3/c1-3-22-16-6-4-15(5-7-16)12-17(20)18-13-14(2)19-8-10-21-11-9-19/h4-7,14H,3,8-13H2,1-2H3,(H,18,20). The monoisotopic (exact) mass is 306 g/mol. The summed E-state index contributed by atoms with van der Waals surface area (Å²) in [5.74, 6) is 0.900. The Bertz CT molecular complexity index is 455. The van der Waals surface area contributed by atoms with Crippen LogP contribution in [0.5, 0.6) is 5.75 Å². The van der Waals surface area contributed by atoms with Crippen LogP contribution in [0.15, 0.2) is 24.3 Å². The molecule has 22 heavy (non-hydrogen) atoms. The van der Waals surface area contributed by atoms with E-state index in [0.29, 0.717) is 25.6 Å². The normalized spacial score (nSPS) is 17.0. The Morgan fingerprint density at radius 1 is 1.32 bits per heavy atom. The molecule has 1 N–H and O–H groups in total. The molecule has 1 heterocycles. The lowest BCUT2D eigenvalue weighted by Gasteiger charge is -2.32. The Kier molecular flexibility index (Phi) is 6.68. The molecule has 122 valence electrons. The molecule has 5 heteroatoms. The van der Waals surface area contributed by atoms with E-state index in [9.17, 15) is 4.79 Å². The lowest BCUT2D eigenvalue weighted by molar-refractivity contribution is -0.120. The molecular weight excluding hydrogens is 280 g/mol. The molecule has 2 rings (SSSR count). The molecule has 0 aliphatic carbocycles. The van der Waals surface area contributed by atoms with E-state index in [1.807, 2.05) is 31.2 Å². The number of nitrogens with zero attached hydrogens (tertiary/aromatic N) is 1. The van der Waals surface area contributed by atoms with Gasteiger partial charge in [-0.05, 0) is 31.5 Å². The summed E-state index contributed by atoms with van der Waals surface area (Å²) in [4.78, 5) is 14.4. The van der Waals surface area contributed by atoms with Gasteiger partial charge >= 0.3 is 0 Å². The van der Waals surface area contributed by atoms with Crippen LogP contribution in [-0.2, 0) is 16.0 Å². The molecule has 0 radical (unpaired) electrons. The van der Waals surface area contributed by atoms with Crippen LogP contribution in [0.3, 0.4) is 0 Å². The van der Waals surface area contributed by atoms with Gasteiger partial charge in [-0.3, -0.25) is 9.69 Å². The molecule has 1 aromatic rings. The quantitative estimate of drug-likeness (QED) is 0.829. The second kappa shape index (κ2) is 8.76. The van der Waals surface area contributed by atoms with Crippen LogP contribution in [0.4, 0.5) is 0 Å². The van der Waals surface area contributed by atoms with E-state index < -0.39 is 0 Å². The summed E-state index contributed by atoms with van der Waals surface area (Å²) in [6, 6.07) is 8.03. The van der Waals surface area contributed by atoms with Gasteiger partial charge in [0.15, 0.2) is 0 Å². The Hall–Kier alpha value is -1.59. The number of rotatable bonds is 7. The molecule has 0 aromatic heterocycles. The number of ether oxygens (including phenoxy) is 2. The largest absolute Gasteiger partial charge is 0.494 e. The first-order chi connectivity index (χ1) is 10.7. The fourth-order valence-corrected chi connectivity index (χ4v) is 2.53. The number of nitrogens with one attached hydrogen (secondary N) is 1. The average molecular weight is 306 g/mol. The second-order valence-electron chi connectivity index (χ2n) is 5.56. The van der Waals surface area contributed by atoms with Crippen molar-refractivity contribution < 1.29 is 14.3 Å². The molecule has 1 fully saturated rings. The van der Waals surface area contributed by atoms with E-state index in [4.69, 9.17) is 9.47 Å². The molecule has 0 saturated carbocycles. The fourth-order valence-electron chi connectivity index (χ4n) is 2.53. The third-order valence-corrected chi connectivity index (χ3v) is 3.86. The summed E-state index contributed by atoms with van der Waals surface area (Å²) in [6.45, 7) is 8.87. The molecule has 1 saturated heterocycles. The van der Waals surface area contributed by atoms with Crippen LogP contribution < -0.4 is 10.1 Å². The summed E-state index contributed by atoms with van der Waals surface area (Å²) in [5, 5.41) is 3.02. The fraction of sp³-hybridized carbons (Fsp3) is 0.588. The maximum Gasteiger partial charge on any atom is 0.224 e. The van der Waals surface area contributed by atoms with E-state index >= 15 is 0 Å². The number of carbonyl (C=O) groups is 1. The minimum atomic E-state index is 0.0595. The maximum atomic E-state index is 12.0. The molecule has 1 aliphatic heterocycles. The van der Waals surface area contributed by atoms with E-state index in [2.05, 4.69) is 17.1 Å². The Labute approximate surface area is 132 Å². The molecule has 0 bridgehead atoms. The predicted molar refractivity (Wildman–Crippen MR) is 86.2 cm³/mol. The number of hydrogen-bond donors (Lipinski definition) is 1. The average Bonchev–Trinajstić information content (AvgIpc) is 2.55. The number of amides is 1. The number of morpholine rings is 1. The van der Waals surface area contributed by atoms with Crippen LogP contribution in [0.2, 0.25) is 0 Å². The van der Waals surface area contributed by atoms with Crippen molar-refractivity contribution in [2.75, 3.05) is 39.5 Å². The number of carbonyl (C=O) groups excluding carboxylic acids is 1. The molecule has 1 aliphatic rings. The van der Waals surface area contributed by atoms with E-state index in [1.54, 1.807) is 0 Å². The van der Waals surface area contributed by atoms with Gasteiger partial charge in [0.2, 0.25) is 5.91 Å². The van der Waals surface area contributed by atoms with Gasteiger partial charge in [-0.1, -0.05) is 12.1 Å². The zero-order valence-corrected chi connectivity index (χ0v) is 13.5. The Balaban J connectivity index is 1.72. The SMILES string of the molecule is CCOc1ccc(CC(=O)NCC(C)N2CCOCC2)cc1. The highest BCUT2D eigenvalue weighted by molar-refractivity contribution is 5.78. The van der Waals surface area contributed by atoms with Crippen molar-refractivity contribution in [3.05, 3.63) is 29.8 Å². The minimum absolute atomic E-state index is 0.0595. The van der Waals surface area contributed by atoms with E-state index in [0.717, 1.165) is 37.6 Å². The van der Waals surface area contributed by atoms with Crippen molar-refractivity contribution in [3.63, 3.8) is 0 Å². The first kappa shape index (κ1) is 16.8. The lowest BCUT2D eigenvalue weighted by Crippen LogP contribution is -2.47. The van der Waals surface area contributed by atoms with E-state index in [1.165, 1.54) is 0 Å². The third-order valence-electron chi connectivity index (χ3n) is 3.86. The van der Waals surface area contributed by atoms with Gasteiger partial charge in [-0.2, -0.15) is 0 Å². The Morgan fingerprint density at radius 3 is 2.64 bits per heavy atom. The summed E-state index contributed by atoms with van der Waals surface area (Å²) < 4.78 is 10.7. The third kappa shape index (κ3) is 5.31. The first-order valence-corrected chi connectivity index (χ1v) is 7.99. The zero-order chi connectivity index (χ0) is 15.8. The van der Waals surface area contributed by atoms with Crippen LogP contribution in [-0.4, -0.2) is 56.3 Å². The van der Waals surface area contributed by atoms with Crippen LogP contribution in [0, 0.1) is 0 Å². The number of hydrogen-bond acceptors (Lipinski definition) is 4. The predicted octanol–water partition coefficient (Wildman–Crippen LogP) is 1.46. The Morgan fingerprint density at radius 2 is 2.00 bits per heavy atom. The molecular formula is C17H26N2O3. The zero-order valence-electron chi connectivity index (χ0n) is 13.5. The van der Waals surface area contributed by atoms with Crippen LogP contribution >= 0.6 is 0 Å². The van der Waals surface area contributed by atoms with Gasteiger partial charge in [-0.15, -0.1) is 0 Å². The van der Waals surface area contributed by atoms with Crippen molar-refractivity contribution in [2.24, 2.45) is 0 Å². The summed E-state index contributed by atoms with van der Waals surface area (Å²) in [5.41, 5.74) is 1.000. The molecule has 1 unspecified atom stereocenters. The van der Waals surface area contributed by atoms with E-state index in [-0.39, 0.29) is 5.91 Å². The molecule has 1 aromatic carbocycles. The molecule has 5 nitrogen and oxygen atoms in total. The topological polar surface area (TPSA) is 50.8 Å². The highest BCUT2D eigenvalue weighted by Crippen LogP contribution is 2.12. The van der Waals surface area contributed by atoms with Gasteiger partial charge in [0, 0.05) is 25.7 Å². The summed E-state index contributed by atoms with van der Waals surface area (Å²) in [6.07, 6.45) is 0.405. The van der Waals surface area contributed by atoms with Crippen molar-refractivity contribution in [3.8, 4) is 5.75 Å². The van der Waals surface area contributed by atoms with Gasteiger partial charge in [-0.25, -0.2) is 0 Å². The number of benzene rings is 1. The highest BCUT2D eigenvalue weighted by atomic mass is 16.5. The molecule has 1 amide bonds. The highest BCUT2D eigenvalue weighted by Gasteiger charge is 2.17. The van der Waals surface area contributed by atoms with Crippen molar-refractivity contribution in [2.45, 2.75) is 26.3 Å². The smallest absolute Gasteiger partial charge is 0.224 e. The first-order valence-electron chi connectivity index (χ1n) is 7.99. The molecule has 1 atom stereocenters. The summed E-state index contributed by atoms with van der Waals surface area (Å²) in [7, 11) is 0. The molecule has 0 spiro atoms. The second-order valence-corrected chi connectivity index (χ2v) is 5.56. The van der Waals surface area contributed by atoms with Gasteiger partial charge in [0.25, 0.3) is 0 Å². The minimum Gasteiger partial charge on any atom is -0.494 e. The maximum absolute atomic E-state index is 12.0. The van der Waals surface area contributed by atoms with Crippen molar-refractivity contribution in [1.29, 1.82) is 0 Å².